The first-order valence-corrected chi connectivity index (χ1v) is 5.10. The van der Waals surface area contributed by atoms with Gasteiger partial charge in [-0.15, -0.1) is 0 Å². The van der Waals surface area contributed by atoms with Crippen LogP contribution in [0.1, 0.15) is 32.6 Å². The Kier molecular flexibility index (Phi) is 2.70. The standard InChI is InChI=1S/C7H14OS/c1-2-7-5-3-4-6-9(7)8/h7H,2-6H2,1H3. The topological polar surface area (TPSA) is 17.1 Å². The van der Waals surface area contributed by atoms with Crippen LogP contribution in [0.3, 0.4) is 0 Å². The fourth-order valence-corrected chi connectivity index (χ4v) is 2.93. The van der Waals surface area contributed by atoms with Gasteiger partial charge in [-0.2, -0.15) is 0 Å². The minimum atomic E-state index is -0.478. The zero-order chi connectivity index (χ0) is 6.69. The van der Waals surface area contributed by atoms with Gasteiger partial charge in [-0.25, -0.2) is 0 Å². The van der Waals surface area contributed by atoms with E-state index in [1.165, 1.54) is 19.3 Å². The molecule has 0 N–H and O–H groups in total. The van der Waals surface area contributed by atoms with Crippen molar-refractivity contribution in [2.45, 2.75) is 37.9 Å². The summed E-state index contributed by atoms with van der Waals surface area (Å²) in [5.41, 5.74) is 0. The molecule has 1 heterocycles. The smallest absolute Gasteiger partial charge is 0.0345 e. The SMILES string of the molecule is CCC1CCCCS1=O. The van der Waals surface area contributed by atoms with E-state index in [4.69, 9.17) is 0 Å². The van der Waals surface area contributed by atoms with Crippen LogP contribution in [0.5, 0.6) is 0 Å². The van der Waals surface area contributed by atoms with Crippen molar-refractivity contribution >= 4 is 10.8 Å². The van der Waals surface area contributed by atoms with Crippen LogP contribution in [0.2, 0.25) is 0 Å². The molecule has 2 heteroatoms. The molecule has 54 valence electrons. The lowest BCUT2D eigenvalue weighted by Gasteiger charge is -2.18. The Morgan fingerprint density at radius 3 is 2.78 bits per heavy atom. The fourth-order valence-electron chi connectivity index (χ4n) is 1.30. The van der Waals surface area contributed by atoms with Gasteiger partial charge < -0.3 is 0 Å². The quantitative estimate of drug-likeness (QED) is 0.550. The molecule has 0 aromatic carbocycles. The van der Waals surface area contributed by atoms with Crippen molar-refractivity contribution in [1.82, 2.24) is 0 Å². The molecular formula is C7H14OS. The van der Waals surface area contributed by atoms with Crippen molar-refractivity contribution in [3.05, 3.63) is 0 Å². The lowest BCUT2D eigenvalue weighted by atomic mass is 10.1. The molecule has 1 aliphatic heterocycles. The van der Waals surface area contributed by atoms with Gasteiger partial charge >= 0.3 is 0 Å². The summed E-state index contributed by atoms with van der Waals surface area (Å²) in [6, 6.07) is 0. The van der Waals surface area contributed by atoms with Crippen LogP contribution in [0, 0.1) is 0 Å². The predicted octanol–water partition coefficient (Wildman–Crippen LogP) is 1.70. The molecule has 0 aliphatic carbocycles. The average molecular weight is 146 g/mol. The van der Waals surface area contributed by atoms with Crippen LogP contribution in [0.25, 0.3) is 0 Å². The summed E-state index contributed by atoms with van der Waals surface area (Å²) in [7, 11) is -0.478. The second kappa shape index (κ2) is 3.35. The molecule has 0 spiro atoms. The van der Waals surface area contributed by atoms with E-state index in [0.717, 1.165) is 12.2 Å². The molecule has 0 bridgehead atoms. The van der Waals surface area contributed by atoms with Gasteiger partial charge in [-0.3, -0.25) is 4.21 Å². The highest BCUT2D eigenvalue weighted by molar-refractivity contribution is 7.85. The maximum Gasteiger partial charge on any atom is 0.0345 e. The van der Waals surface area contributed by atoms with Gasteiger partial charge in [0.25, 0.3) is 0 Å². The molecule has 1 fully saturated rings. The van der Waals surface area contributed by atoms with Gasteiger partial charge in [0.1, 0.15) is 0 Å². The highest BCUT2D eigenvalue weighted by Gasteiger charge is 2.17. The Morgan fingerprint density at radius 2 is 2.33 bits per heavy atom. The third kappa shape index (κ3) is 1.78. The summed E-state index contributed by atoms with van der Waals surface area (Å²) >= 11 is 0. The maximum absolute atomic E-state index is 11.1. The monoisotopic (exact) mass is 146 g/mol. The van der Waals surface area contributed by atoms with E-state index in [0.29, 0.717) is 5.25 Å². The van der Waals surface area contributed by atoms with Crippen LogP contribution < -0.4 is 0 Å². The van der Waals surface area contributed by atoms with Crippen LogP contribution in [0.15, 0.2) is 0 Å². The lowest BCUT2D eigenvalue weighted by Crippen LogP contribution is -2.21. The van der Waals surface area contributed by atoms with Gasteiger partial charge in [0, 0.05) is 21.8 Å². The summed E-state index contributed by atoms with van der Waals surface area (Å²) in [4.78, 5) is 0. The first-order chi connectivity index (χ1) is 4.34. The van der Waals surface area contributed by atoms with Gasteiger partial charge in [0.2, 0.25) is 0 Å². The van der Waals surface area contributed by atoms with Crippen LogP contribution in [-0.4, -0.2) is 15.2 Å². The minimum absolute atomic E-state index is 0.478. The van der Waals surface area contributed by atoms with Crippen LogP contribution >= 0.6 is 0 Å². The second-order valence-corrected chi connectivity index (χ2v) is 4.45. The largest absolute Gasteiger partial charge is 0.259 e. The zero-order valence-corrected chi connectivity index (χ0v) is 6.75. The van der Waals surface area contributed by atoms with E-state index in [-0.39, 0.29) is 0 Å². The van der Waals surface area contributed by atoms with E-state index in [2.05, 4.69) is 6.92 Å². The van der Waals surface area contributed by atoms with Crippen LogP contribution in [0.4, 0.5) is 0 Å². The minimum Gasteiger partial charge on any atom is -0.259 e. The summed E-state index contributed by atoms with van der Waals surface area (Å²) in [6.45, 7) is 2.13. The molecule has 0 saturated carbocycles. The van der Waals surface area contributed by atoms with E-state index < -0.39 is 10.8 Å². The molecule has 1 saturated heterocycles. The first-order valence-electron chi connectivity index (χ1n) is 3.71. The van der Waals surface area contributed by atoms with Crippen molar-refractivity contribution < 1.29 is 4.21 Å². The number of hydrogen-bond acceptors (Lipinski definition) is 1. The van der Waals surface area contributed by atoms with Crippen molar-refractivity contribution in [2.24, 2.45) is 0 Å². The molecule has 1 nitrogen and oxygen atoms in total. The van der Waals surface area contributed by atoms with E-state index in [1.54, 1.807) is 0 Å². The van der Waals surface area contributed by atoms with Crippen molar-refractivity contribution in [2.75, 3.05) is 5.75 Å². The van der Waals surface area contributed by atoms with E-state index in [9.17, 15) is 4.21 Å². The second-order valence-electron chi connectivity index (χ2n) is 2.61. The number of rotatable bonds is 1. The highest BCUT2D eigenvalue weighted by Crippen LogP contribution is 2.17. The van der Waals surface area contributed by atoms with Gasteiger partial charge in [0.15, 0.2) is 0 Å². The fraction of sp³-hybridized carbons (Fsp3) is 1.00. The molecule has 1 rings (SSSR count). The average Bonchev–Trinajstić information content (AvgIpc) is 1.89. The van der Waals surface area contributed by atoms with Gasteiger partial charge in [0.05, 0.1) is 0 Å². The first kappa shape index (κ1) is 7.26. The molecule has 1 aliphatic rings. The lowest BCUT2D eigenvalue weighted by molar-refractivity contribution is 0.599. The Bertz CT molecular complexity index is 111. The maximum atomic E-state index is 11.1. The Labute approximate surface area is 59.3 Å². The van der Waals surface area contributed by atoms with Crippen molar-refractivity contribution in [3.8, 4) is 0 Å². The van der Waals surface area contributed by atoms with E-state index in [1.807, 2.05) is 0 Å². The van der Waals surface area contributed by atoms with Gasteiger partial charge in [-0.1, -0.05) is 13.3 Å². The van der Waals surface area contributed by atoms with Crippen LogP contribution in [-0.2, 0) is 10.8 Å². The molecule has 0 amide bonds. The summed E-state index contributed by atoms with van der Waals surface area (Å²) in [5.74, 6) is 0.957. The summed E-state index contributed by atoms with van der Waals surface area (Å²) in [5, 5.41) is 0.527. The number of hydrogen-bond donors (Lipinski definition) is 0. The molecule has 0 aromatic rings. The normalized spacial score (nSPS) is 36.6. The highest BCUT2D eigenvalue weighted by atomic mass is 32.2. The molecule has 0 aromatic heterocycles. The third-order valence-corrected chi connectivity index (χ3v) is 3.95. The van der Waals surface area contributed by atoms with Gasteiger partial charge in [-0.05, 0) is 19.3 Å². The third-order valence-electron chi connectivity index (χ3n) is 1.95. The predicted molar refractivity (Wildman–Crippen MR) is 40.9 cm³/mol. The Balaban J connectivity index is 2.39. The molecule has 2 unspecified atom stereocenters. The summed E-state index contributed by atoms with van der Waals surface area (Å²) < 4.78 is 11.1. The van der Waals surface area contributed by atoms with Crippen molar-refractivity contribution in [1.29, 1.82) is 0 Å². The zero-order valence-electron chi connectivity index (χ0n) is 5.93. The molecule has 0 radical (unpaired) electrons. The van der Waals surface area contributed by atoms with Crippen molar-refractivity contribution in [3.63, 3.8) is 0 Å². The molecule has 2 atom stereocenters. The Hall–Kier alpha value is 0.150. The molecular weight excluding hydrogens is 132 g/mol. The van der Waals surface area contributed by atoms with E-state index >= 15 is 0 Å². The Morgan fingerprint density at radius 1 is 1.56 bits per heavy atom. The molecule has 9 heavy (non-hydrogen) atoms. The summed E-state index contributed by atoms with van der Waals surface area (Å²) in [6.07, 6.45) is 4.78.